The monoisotopic (exact) mass is 670 g/mol. The highest BCUT2D eigenvalue weighted by Gasteiger charge is 2.15. The van der Waals surface area contributed by atoms with Crippen LogP contribution in [0, 0.1) is 0 Å². The van der Waals surface area contributed by atoms with Crippen LogP contribution in [0.4, 0.5) is 0 Å². The van der Waals surface area contributed by atoms with Crippen LogP contribution in [0.25, 0.3) is 11.0 Å². The van der Waals surface area contributed by atoms with Crippen molar-refractivity contribution >= 4 is 22.9 Å². The molecule has 3 aromatic carbocycles. The van der Waals surface area contributed by atoms with Gasteiger partial charge in [-0.3, -0.25) is 14.4 Å². The fraction of sp³-hybridized carbons (Fsp3) is 0.439. The zero-order valence-electron chi connectivity index (χ0n) is 29.0. The van der Waals surface area contributed by atoms with Crippen LogP contribution in [-0.2, 0) is 44.7 Å². The molecular formula is C41H50O8. The zero-order valence-corrected chi connectivity index (χ0v) is 29.0. The number of hydrogen-bond donors (Lipinski definition) is 0. The smallest absolute Gasteiger partial charge is 0.305 e. The lowest BCUT2D eigenvalue weighted by atomic mass is 9.96. The normalized spacial score (nSPS) is 11.0. The predicted octanol–water partition coefficient (Wildman–Crippen LogP) is 8.37. The molecule has 0 radical (unpaired) electrons. The van der Waals surface area contributed by atoms with E-state index in [1.807, 2.05) is 24.3 Å². The highest BCUT2D eigenvalue weighted by Crippen LogP contribution is 2.29. The summed E-state index contributed by atoms with van der Waals surface area (Å²) < 4.78 is 27.9. The minimum Gasteiger partial charge on any atom is -0.493 e. The molecule has 4 rings (SSSR count). The van der Waals surface area contributed by atoms with Gasteiger partial charge in [0, 0.05) is 24.5 Å². The van der Waals surface area contributed by atoms with Crippen molar-refractivity contribution in [3.63, 3.8) is 0 Å². The van der Waals surface area contributed by atoms with Crippen LogP contribution in [-0.4, -0.2) is 39.4 Å². The Morgan fingerprint density at radius 3 is 2.04 bits per heavy atom. The number of rotatable bonds is 22. The zero-order chi connectivity index (χ0) is 34.7. The van der Waals surface area contributed by atoms with Crippen LogP contribution < -0.4 is 14.9 Å². The van der Waals surface area contributed by atoms with Gasteiger partial charge >= 0.3 is 11.9 Å². The van der Waals surface area contributed by atoms with Crippen LogP contribution >= 0.6 is 0 Å². The molecular weight excluding hydrogens is 620 g/mol. The Morgan fingerprint density at radius 2 is 1.29 bits per heavy atom. The van der Waals surface area contributed by atoms with Crippen LogP contribution in [0.5, 0.6) is 11.5 Å². The minimum atomic E-state index is -0.239. The molecule has 1 aromatic heterocycles. The third-order valence-corrected chi connectivity index (χ3v) is 8.77. The van der Waals surface area contributed by atoms with Crippen LogP contribution in [0.2, 0.25) is 0 Å². The minimum absolute atomic E-state index is 0.0462. The first-order valence-electron chi connectivity index (χ1n) is 17.6. The summed E-state index contributed by atoms with van der Waals surface area (Å²) in [5, 5.41) is 0.584. The maximum atomic E-state index is 12.5. The van der Waals surface area contributed by atoms with Crippen molar-refractivity contribution in [2.75, 3.05) is 27.4 Å². The Hall–Kier alpha value is -4.59. The molecule has 0 atom stereocenters. The van der Waals surface area contributed by atoms with Gasteiger partial charge in [-0.05, 0) is 99.1 Å². The standard InChI is InChI=1S/C41H50O8/c1-45-39(43)22-10-6-12-29-47-37-21-14-19-32(33(37)24-26-40(44)46-2)18-9-3-4-11-28-48-38-25-23-34-36(42)27-30-49-41(34)35(38)20-13-17-31-15-7-5-8-16-31/h5,7-8,14-16,19,21,23,25,27,30H,3-4,6,9-13,17-18,20,22,24,26,28-29H2,1-2H3. The molecule has 0 spiro atoms. The second-order valence-corrected chi connectivity index (χ2v) is 12.3. The van der Waals surface area contributed by atoms with Gasteiger partial charge in [-0.2, -0.15) is 0 Å². The van der Waals surface area contributed by atoms with E-state index < -0.39 is 0 Å². The molecule has 0 saturated heterocycles. The van der Waals surface area contributed by atoms with E-state index in [1.165, 1.54) is 37.7 Å². The second-order valence-electron chi connectivity index (χ2n) is 12.3. The van der Waals surface area contributed by atoms with E-state index in [4.69, 9.17) is 23.4 Å². The van der Waals surface area contributed by atoms with Crippen molar-refractivity contribution in [3.05, 3.63) is 105 Å². The number of hydrogen-bond acceptors (Lipinski definition) is 8. The molecule has 0 aliphatic rings. The van der Waals surface area contributed by atoms with Crippen molar-refractivity contribution in [1.29, 1.82) is 0 Å². The van der Waals surface area contributed by atoms with Crippen LogP contribution in [0.1, 0.15) is 86.5 Å². The van der Waals surface area contributed by atoms with Gasteiger partial charge < -0.3 is 23.4 Å². The van der Waals surface area contributed by atoms with E-state index >= 15 is 0 Å². The lowest BCUT2D eigenvalue weighted by Gasteiger charge is -2.16. The van der Waals surface area contributed by atoms with Gasteiger partial charge in [-0.25, -0.2) is 0 Å². The highest BCUT2D eigenvalue weighted by atomic mass is 16.5. The van der Waals surface area contributed by atoms with Gasteiger partial charge in [0.1, 0.15) is 17.1 Å². The van der Waals surface area contributed by atoms with Gasteiger partial charge in [0.2, 0.25) is 0 Å². The molecule has 8 heteroatoms. The summed E-state index contributed by atoms with van der Waals surface area (Å²) in [6.07, 6.45) is 12.7. The molecule has 4 aromatic rings. The Bertz CT molecular complexity index is 1660. The Morgan fingerprint density at radius 1 is 0.592 bits per heavy atom. The number of ether oxygens (including phenoxy) is 4. The molecule has 0 unspecified atom stereocenters. The van der Waals surface area contributed by atoms with Crippen molar-refractivity contribution in [2.24, 2.45) is 0 Å². The largest absolute Gasteiger partial charge is 0.493 e. The van der Waals surface area contributed by atoms with E-state index in [0.717, 1.165) is 93.3 Å². The molecule has 0 aliphatic carbocycles. The number of aryl methyl sites for hydroxylation is 3. The van der Waals surface area contributed by atoms with E-state index in [1.54, 1.807) is 6.07 Å². The van der Waals surface area contributed by atoms with Crippen molar-refractivity contribution in [3.8, 4) is 11.5 Å². The quantitative estimate of drug-likeness (QED) is 0.0607. The summed E-state index contributed by atoms with van der Waals surface area (Å²) in [5.74, 6) is 1.17. The number of carbonyl (C=O) groups excluding carboxylic acids is 2. The first-order chi connectivity index (χ1) is 24.0. The molecule has 0 amide bonds. The van der Waals surface area contributed by atoms with Gasteiger partial charge in [-0.15, -0.1) is 0 Å². The van der Waals surface area contributed by atoms with Gasteiger partial charge in [-0.1, -0.05) is 55.3 Å². The first-order valence-corrected chi connectivity index (χ1v) is 17.6. The summed E-state index contributed by atoms with van der Waals surface area (Å²) in [6, 6.07) is 21.7. The number of carbonyl (C=O) groups is 2. The van der Waals surface area contributed by atoms with Crippen molar-refractivity contribution in [2.45, 2.75) is 89.9 Å². The van der Waals surface area contributed by atoms with E-state index in [9.17, 15) is 14.4 Å². The Balaban J connectivity index is 1.27. The number of fused-ring (bicyclic) bond motifs is 1. The lowest BCUT2D eigenvalue weighted by Crippen LogP contribution is -2.07. The SMILES string of the molecule is COC(=O)CCCCCOc1cccc(CCCCCCOc2ccc3c(=O)ccoc3c2CCCc2ccccc2)c1CCC(=O)OC. The average Bonchev–Trinajstić information content (AvgIpc) is 3.12. The van der Waals surface area contributed by atoms with Crippen LogP contribution in [0.15, 0.2) is 82.2 Å². The van der Waals surface area contributed by atoms with E-state index in [0.29, 0.717) is 43.4 Å². The molecule has 0 saturated carbocycles. The molecule has 1 heterocycles. The average molecular weight is 671 g/mol. The molecule has 0 bridgehead atoms. The molecule has 49 heavy (non-hydrogen) atoms. The number of methoxy groups -OCH3 is 2. The third kappa shape index (κ3) is 12.1. The molecule has 262 valence electrons. The van der Waals surface area contributed by atoms with E-state index in [2.05, 4.69) is 30.3 Å². The fourth-order valence-corrected chi connectivity index (χ4v) is 6.06. The lowest BCUT2D eigenvalue weighted by molar-refractivity contribution is -0.141. The van der Waals surface area contributed by atoms with Crippen molar-refractivity contribution < 1.29 is 33.0 Å². The van der Waals surface area contributed by atoms with Gasteiger partial charge in [0.15, 0.2) is 5.43 Å². The molecule has 0 N–H and O–H groups in total. The Kier molecular flexibility index (Phi) is 15.7. The molecule has 0 aliphatic heterocycles. The first kappa shape index (κ1) is 37.2. The van der Waals surface area contributed by atoms with E-state index in [-0.39, 0.29) is 17.4 Å². The summed E-state index contributed by atoms with van der Waals surface area (Å²) in [4.78, 5) is 35.8. The summed E-state index contributed by atoms with van der Waals surface area (Å²) in [6.45, 7) is 1.13. The second kappa shape index (κ2) is 20.7. The molecule has 8 nitrogen and oxygen atoms in total. The molecule has 0 fully saturated rings. The van der Waals surface area contributed by atoms with Crippen LogP contribution in [0.3, 0.4) is 0 Å². The van der Waals surface area contributed by atoms with Crippen molar-refractivity contribution in [1.82, 2.24) is 0 Å². The fourth-order valence-electron chi connectivity index (χ4n) is 6.06. The van der Waals surface area contributed by atoms with Gasteiger partial charge in [0.05, 0.1) is 39.1 Å². The predicted molar refractivity (Wildman–Crippen MR) is 191 cm³/mol. The maximum Gasteiger partial charge on any atom is 0.305 e. The summed E-state index contributed by atoms with van der Waals surface area (Å²) >= 11 is 0. The number of esters is 2. The highest BCUT2D eigenvalue weighted by molar-refractivity contribution is 5.82. The summed E-state index contributed by atoms with van der Waals surface area (Å²) in [5.41, 5.74) is 5.06. The van der Waals surface area contributed by atoms with Gasteiger partial charge in [0.25, 0.3) is 0 Å². The summed E-state index contributed by atoms with van der Waals surface area (Å²) in [7, 11) is 2.82. The third-order valence-electron chi connectivity index (χ3n) is 8.77. The Labute approximate surface area is 289 Å². The topological polar surface area (TPSA) is 101 Å². The number of unbranched alkanes of at least 4 members (excludes halogenated alkanes) is 5. The maximum absolute atomic E-state index is 12.5. The number of benzene rings is 3.